The van der Waals surface area contributed by atoms with Crippen LogP contribution in [0.1, 0.15) is 24.8 Å². The third-order valence-electron chi connectivity index (χ3n) is 4.61. The molecule has 1 atom stereocenters. The summed E-state index contributed by atoms with van der Waals surface area (Å²) in [6.45, 7) is 4.81. The Balaban J connectivity index is 1.35. The minimum Gasteiger partial charge on any atom is -0.472 e. The zero-order chi connectivity index (χ0) is 15.2. The SMILES string of the molecule is O=C(/C=C/c1ccoc1)NCC1CCN([C@H]2CCOC2)CC1. The van der Waals surface area contributed by atoms with Crippen LogP contribution >= 0.6 is 0 Å². The Morgan fingerprint density at radius 3 is 2.91 bits per heavy atom. The number of amides is 1. The first-order valence-electron chi connectivity index (χ1n) is 8.11. The number of ether oxygens (including phenoxy) is 1. The number of nitrogens with zero attached hydrogens (tertiary/aromatic N) is 1. The smallest absolute Gasteiger partial charge is 0.244 e. The number of carbonyl (C=O) groups is 1. The van der Waals surface area contributed by atoms with Crippen LogP contribution < -0.4 is 5.32 Å². The summed E-state index contributed by atoms with van der Waals surface area (Å²) in [6, 6.07) is 2.44. The van der Waals surface area contributed by atoms with E-state index in [1.807, 2.05) is 6.07 Å². The zero-order valence-electron chi connectivity index (χ0n) is 12.9. The third-order valence-corrected chi connectivity index (χ3v) is 4.61. The fourth-order valence-corrected chi connectivity index (χ4v) is 3.18. The van der Waals surface area contributed by atoms with Crippen molar-refractivity contribution in [3.05, 3.63) is 30.2 Å². The summed E-state index contributed by atoms with van der Waals surface area (Å²) >= 11 is 0. The predicted molar refractivity (Wildman–Crippen MR) is 84.3 cm³/mol. The first-order valence-corrected chi connectivity index (χ1v) is 8.11. The Hall–Kier alpha value is -1.59. The first-order chi connectivity index (χ1) is 10.8. The molecular formula is C17H24N2O3. The Labute approximate surface area is 131 Å². The van der Waals surface area contributed by atoms with E-state index in [4.69, 9.17) is 9.15 Å². The molecule has 0 radical (unpaired) electrons. The minimum atomic E-state index is -0.0344. The molecule has 1 amide bonds. The van der Waals surface area contributed by atoms with Gasteiger partial charge in [-0.15, -0.1) is 0 Å². The lowest BCUT2D eigenvalue weighted by Crippen LogP contribution is -2.43. The maximum absolute atomic E-state index is 11.8. The third kappa shape index (κ3) is 4.21. The molecule has 1 aromatic heterocycles. The molecule has 0 saturated carbocycles. The summed E-state index contributed by atoms with van der Waals surface area (Å²) in [6.07, 6.45) is 10.0. The molecule has 2 saturated heterocycles. The van der Waals surface area contributed by atoms with Crippen molar-refractivity contribution in [1.82, 2.24) is 10.2 Å². The summed E-state index contributed by atoms with van der Waals surface area (Å²) in [5.74, 6) is 0.553. The molecule has 0 spiro atoms. The van der Waals surface area contributed by atoms with Gasteiger partial charge in [0.1, 0.15) is 0 Å². The molecule has 0 unspecified atom stereocenters. The topological polar surface area (TPSA) is 54.7 Å². The molecule has 3 rings (SSSR count). The molecule has 0 aromatic carbocycles. The second-order valence-electron chi connectivity index (χ2n) is 6.13. The first kappa shape index (κ1) is 15.3. The molecule has 22 heavy (non-hydrogen) atoms. The number of furan rings is 1. The maximum atomic E-state index is 11.8. The Kier molecular flexibility index (Phi) is 5.29. The molecule has 120 valence electrons. The van der Waals surface area contributed by atoms with Gasteiger partial charge in [0.05, 0.1) is 19.1 Å². The van der Waals surface area contributed by atoms with Crippen LogP contribution in [0.2, 0.25) is 0 Å². The molecule has 2 aliphatic heterocycles. The molecule has 2 fully saturated rings. The second kappa shape index (κ2) is 7.61. The monoisotopic (exact) mass is 304 g/mol. The quantitative estimate of drug-likeness (QED) is 0.844. The van der Waals surface area contributed by atoms with E-state index in [1.165, 1.54) is 6.42 Å². The molecule has 1 N–H and O–H groups in total. The highest BCUT2D eigenvalue weighted by Gasteiger charge is 2.27. The molecule has 0 bridgehead atoms. The van der Waals surface area contributed by atoms with E-state index < -0.39 is 0 Å². The normalized spacial score (nSPS) is 24.1. The van der Waals surface area contributed by atoms with Crippen molar-refractivity contribution in [3.8, 4) is 0 Å². The highest BCUT2D eigenvalue weighted by molar-refractivity contribution is 5.91. The number of piperidine rings is 1. The Morgan fingerprint density at radius 1 is 1.36 bits per heavy atom. The molecule has 5 nitrogen and oxygen atoms in total. The number of rotatable bonds is 5. The van der Waals surface area contributed by atoms with Crippen LogP contribution in [0, 0.1) is 5.92 Å². The van der Waals surface area contributed by atoms with Gasteiger partial charge in [-0.05, 0) is 50.4 Å². The predicted octanol–water partition coefficient (Wildman–Crippen LogP) is 1.91. The Bertz CT molecular complexity index is 484. The van der Waals surface area contributed by atoms with E-state index in [-0.39, 0.29) is 5.91 Å². The fourth-order valence-electron chi connectivity index (χ4n) is 3.18. The van der Waals surface area contributed by atoms with E-state index in [0.29, 0.717) is 12.0 Å². The van der Waals surface area contributed by atoms with Gasteiger partial charge in [-0.3, -0.25) is 9.69 Å². The van der Waals surface area contributed by atoms with Crippen LogP contribution in [0.3, 0.4) is 0 Å². The molecule has 1 aromatic rings. The van der Waals surface area contributed by atoms with Gasteiger partial charge in [0.25, 0.3) is 0 Å². The summed E-state index contributed by atoms with van der Waals surface area (Å²) in [5.41, 5.74) is 0.905. The number of likely N-dealkylation sites (tertiary alicyclic amines) is 1. The highest BCUT2D eigenvalue weighted by atomic mass is 16.5. The van der Waals surface area contributed by atoms with E-state index in [0.717, 1.165) is 51.3 Å². The lowest BCUT2D eigenvalue weighted by molar-refractivity contribution is -0.116. The van der Waals surface area contributed by atoms with Gasteiger partial charge in [0, 0.05) is 30.8 Å². The summed E-state index contributed by atoms with van der Waals surface area (Å²) in [5, 5.41) is 3.00. The average Bonchev–Trinajstić information content (AvgIpc) is 3.24. The summed E-state index contributed by atoms with van der Waals surface area (Å²) < 4.78 is 10.4. The van der Waals surface area contributed by atoms with E-state index in [9.17, 15) is 4.79 Å². The van der Waals surface area contributed by atoms with Crippen LogP contribution in [0.4, 0.5) is 0 Å². The Morgan fingerprint density at radius 2 is 2.23 bits per heavy atom. The van der Waals surface area contributed by atoms with Gasteiger partial charge in [-0.2, -0.15) is 0 Å². The van der Waals surface area contributed by atoms with Crippen molar-refractivity contribution in [2.75, 3.05) is 32.8 Å². The van der Waals surface area contributed by atoms with Crippen molar-refractivity contribution in [2.24, 2.45) is 5.92 Å². The average molecular weight is 304 g/mol. The van der Waals surface area contributed by atoms with Gasteiger partial charge < -0.3 is 14.5 Å². The number of hydrogen-bond donors (Lipinski definition) is 1. The van der Waals surface area contributed by atoms with Crippen LogP contribution in [-0.2, 0) is 9.53 Å². The molecule has 2 aliphatic rings. The van der Waals surface area contributed by atoms with Gasteiger partial charge in [0.15, 0.2) is 0 Å². The number of carbonyl (C=O) groups excluding carboxylic acids is 1. The van der Waals surface area contributed by atoms with Crippen molar-refractivity contribution in [1.29, 1.82) is 0 Å². The summed E-state index contributed by atoms with van der Waals surface area (Å²) in [4.78, 5) is 14.3. The van der Waals surface area contributed by atoms with Crippen LogP contribution in [-0.4, -0.2) is 49.7 Å². The zero-order valence-corrected chi connectivity index (χ0v) is 12.9. The van der Waals surface area contributed by atoms with Crippen molar-refractivity contribution >= 4 is 12.0 Å². The standard InChI is InChI=1S/C17H24N2O3/c20-17(2-1-15-5-9-21-12-15)18-11-14-3-7-19(8-4-14)16-6-10-22-13-16/h1-2,5,9,12,14,16H,3-4,6-8,10-11,13H2,(H,18,20)/b2-1+/t16-/m0/s1. The van der Waals surface area contributed by atoms with Crippen LogP contribution in [0.5, 0.6) is 0 Å². The van der Waals surface area contributed by atoms with Gasteiger partial charge in [-0.25, -0.2) is 0 Å². The number of hydrogen-bond acceptors (Lipinski definition) is 4. The summed E-state index contributed by atoms with van der Waals surface area (Å²) in [7, 11) is 0. The van der Waals surface area contributed by atoms with Crippen molar-refractivity contribution in [2.45, 2.75) is 25.3 Å². The highest BCUT2D eigenvalue weighted by Crippen LogP contribution is 2.21. The lowest BCUT2D eigenvalue weighted by Gasteiger charge is -2.35. The van der Waals surface area contributed by atoms with Crippen molar-refractivity contribution < 1.29 is 13.9 Å². The van der Waals surface area contributed by atoms with Gasteiger partial charge in [0.2, 0.25) is 5.91 Å². The van der Waals surface area contributed by atoms with E-state index in [1.54, 1.807) is 24.7 Å². The minimum absolute atomic E-state index is 0.0344. The van der Waals surface area contributed by atoms with Gasteiger partial charge >= 0.3 is 0 Å². The van der Waals surface area contributed by atoms with E-state index >= 15 is 0 Å². The second-order valence-corrected chi connectivity index (χ2v) is 6.13. The van der Waals surface area contributed by atoms with Crippen molar-refractivity contribution in [3.63, 3.8) is 0 Å². The molecule has 0 aliphatic carbocycles. The van der Waals surface area contributed by atoms with Gasteiger partial charge in [-0.1, -0.05) is 0 Å². The fraction of sp³-hybridized carbons (Fsp3) is 0.588. The molecular weight excluding hydrogens is 280 g/mol. The largest absolute Gasteiger partial charge is 0.472 e. The molecule has 3 heterocycles. The lowest BCUT2D eigenvalue weighted by atomic mass is 9.95. The van der Waals surface area contributed by atoms with Crippen LogP contribution in [0.15, 0.2) is 29.1 Å². The maximum Gasteiger partial charge on any atom is 0.244 e. The number of nitrogens with one attached hydrogen (secondary N) is 1. The van der Waals surface area contributed by atoms with Crippen LogP contribution in [0.25, 0.3) is 6.08 Å². The van der Waals surface area contributed by atoms with E-state index in [2.05, 4.69) is 10.2 Å². The molecule has 5 heteroatoms.